The SMILES string of the molecule is O=C1NCC(c2c(F)cccc2F)O1. The smallest absolute Gasteiger partial charge is 0.407 e. The first-order chi connectivity index (χ1) is 6.68. The first-order valence-electron chi connectivity index (χ1n) is 4.07. The van der Waals surface area contributed by atoms with Crippen molar-refractivity contribution in [3.05, 3.63) is 35.4 Å². The second-order valence-electron chi connectivity index (χ2n) is 2.91. The van der Waals surface area contributed by atoms with Gasteiger partial charge in [0.2, 0.25) is 0 Å². The normalized spacial score (nSPS) is 20.4. The number of halogens is 2. The fourth-order valence-electron chi connectivity index (χ4n) is 1.37. The van der Waals surface area contributed by atoms with E-state index in [1.807, 2.05) is 0 Å². The highest BCUT2D eigenvalue weighted by Gasteiger charge is 2.29. The summed E-state index contributed by atoms with van der Waals surface area (Å²) in [6.45, 7) is 0.0939. The van der Waals surface area contributed by atoms with Gasteiger partial charge >= 0.3 is 6.09 Å². The first kappa shape index (κ1) is 8.93. The predicted octanol–water partition coefficient (Wildman–Crippen LogP) is 1.75. The summed E-state index contributed by atoms with van der Waals surface area (Å²) in [5.41, 5.74) is -0.203. The fraction of sp³-hybridized carbons (Fsp3) is 0.222. The van der Waals surface area contributed by atoms with Gasteiger partial charge in [-0.1, -0.05) is 6.07 Å². The molecule has 1 atom stereocenters. The van der Waals surface area contributed by atoms with Gasteiger partial charge in [-0.2, -0.15) is 0 Å². The largest absolute Gasteiger partial charge is 0.439 e. The third-order valence-corrected chi connectivity index (χ3v) is 2.00. The molecular weight excluding hydrogens is 192 g/mol. The number of nitrogens with one attached hydrogen (secondary N) is 1. The molecule has 0 aliphatic carbocycles. The first-order valence-corrected chi connectivity index (χ1v) is 4.07. The summed E-state index contributed by atoms with van der Waals surface area (Å²) in [7, 11) is 0. The molecule has 1 aliphatic heterocycles. The van der Waals surface area contributed by atoms with Gasteiger partial charge < -0.3 is 10.1 Å². The van der Waals surface area contributed by atoms with Gasteiger partial charge in [0.15, 0.2) is 6.10 Å². The number of carbonyl (C=O) groups is 1. The fourth-order valence-corrected chi connectivity index (χ4v) is 1.37. The van der Waals surface area contributed by atoms with E-state index in [4.69, 9.17) is 0 Å². The molecule has 1 unspecified atom stereocenters. The molecule has 14 heavy (non-hydrogen) atoms. The minimum Gasteiger partial charge on any atom is -0.439 e. The molecule has 1 saturated heterocycles. The maximum Gasteiger partial charge on any atom is 0.407 e. The van der Waals surface area contributed by atoms with Gasteiger partial charge in [-0.25, -0.2) is 13.6 Å². The zero-order valence-corrected chi connectivity index (χ0v) is 7.09. The maximum absolute atomic E-state index is 13.2. The Morgan fingerprint density at radius 3 is 2.50 bits per heavy atom. The molecule has 0 saturated carbocycles. The van der Waals surface area contributed by atoms with E-state index in [9.17, 15) is 13.6 Å². The summed E-state index contributed by atoms with van der Waals surface area (Å²) in [5, 5.41) is 2.33. The molecule has 74 valence electrons. The van der Waals surface area contributed by atoms with Gasteiger partial charge in [0.05, 0.1) is 12.1 Å². The molecule has 1 amide bonds. The molecule has 1 heterocycles. The van der Waals surface area contributed by atoms with Crippen LogP contribution in [-0.4, -0.2) is 12.6 Å². The van der Waals surface area contributed by atoms with Crippen LogP contribution in [0.15, 0.2) is 18.2 Å². The Balaban J connectivity index is 2.36. The molecule has 1 aliphatic rings. The average Bonchev–Trinajstić information content (AvgIpc) is 2.51. The summed E-state index contributed by atoms with van der Waals surface area (Å²) in [6.07, 6.45) is -1.53. The Kier molecular flexibility index (Phi) is 2.07. The summed E-state index contributed by atoms with van der Waals surface area (Å²) >= 11 is 0. The van der Waals surface area contributed by atoms with Crippen molar-refractivity contribution in [2.45, 2.75) is 6.10 Å². The van der Waals surface area contributed by atoms with Gasteiger partial charge in [0.25, 0.3) is 0 Å². The lowest BCUT2D eigenvalue weighted by Gasteiger charge is -2.09. The van der Waals surface area contributed by atoms with Crippen molar-refractivity contribution in [2.24, 2.45) is 0 Å². The van der Waals surface area contributed by atoms with E-state index in [0.29, 0.717) is 0 Å². The lowest BCUT2D eigenvalue weighted by Crippen LogP contribution is -2.13. The third-order valence-electron chi connectivity index (χ3n) is 2.00. The van der Waals surface area contributed by atoms with E-state index in [1.165, 1.54) is 6.07 Å². The van der Waals surface area contributed by atoms with E-state index in [-0.39, 0.29) is 12.1 Å². The number of rotatable bonds is 1. The Hall–Kier alpha value is -1.65. The third kappa shape index (κ3) is 1.41. The van der Waals surface area contributed by atoms with E-state index >= 15 is 0 Å². The predicted molar refractivity (Wildman–Crippen MR) is 43.6 cm³/mol. The molecule has 2 rings (SSSR count). The van der Waals surface area contributed by atoms with Crippen molar-refractivity contribution in [3.8, 4) is 0 Å². The molecule has 1 aromatic carbocycles. The minimum atomic E-state index is -0.872. The topological polar surface area (TPSA) is 38.3 Å². The van der Waals surface area contributed by atoms with Crippen LogP contribution in [0.1, 0.15) is 11.7 Å². The van der Waals surface area contributed by atoms with E-state index in [1.54, 1.807) is 0 Å². The van der Waals surface area contributed by atoms with Crippen molar-refractivity contribution in [1.82, 2.24) is 5.32 Å². The van der Waals surface area contributed by atoms with Crippen LogP contribution in [0.5, 0.6) is 0 Å². The Bertz CT molecular complexity index is 361. The number of carbonyl (C=O) groups excluding carboxylic acids is 1. The molecule has 0 bridgehead atoms. The highest BCUT2D eigenvalue weighted by atomic mass is 19.1. The van der Waals surface area contributed by atoms with Crippen LogP contribution < -0.4 is 5.32 Å². The van der Waals surface area contributed by atoms with Crippen molar-refractivity contribution in [3.63, 3.8) is 0 Å². The molecule has 0 radical (unpaired) electrons. The number of hydrogen-bond donors (Lipinski definition) is 1. The van der Waals surface area contributed by atoms with E-state index in [0.717, 1.165) is 12.1 Å². The van der Waals surface area contributed by atoms with Gasteiger partial charge in [-0.15, -0.1) is 0 Å². The van der Waals surface area contributed by atoms with Crippen LogP contribution in [0, 0.1) is 11.6 Å². The number of hydrogen-bond acceptors (Lipinski definition) is 2. The summed E-state index contributed by atoms with van der Waals surface area (Å²) < 4.78 is 31.0. The summed E-state index contributed by atoms with van der Waals surface area (Å²) in [6, 6.07) is 3.52. The molecule has 0 aromatic heterocycles. The second-order valence-corrected chi connectivity index (χ2v) is 2.91. The van der Waals surface area contributed by atoms with Gasteiger partial charge in [-0.05, 0) is 12.1 Å². The summed E-state index contributed by atoms with van der Waals surface area (Å²) in [4.78, 5) is 10.7. The molecule has 1 aromatic rings. The van der Waals surface area contributed by atoms with Crippen LogP contribution in [0.2, 0.25) is 0 Å². The van der Waals surface area contributed by atoms with Gasteiger partial charge in [0, 0.05) is 0 Å². The zero-order valence-electron chi connectivity index (χ0n) is 7.09. The lowest BCUT2D eigenvalue weighted by atomic mass is 10.1. The van der Waals surface area contributed by atoms with Crippen LogP contribution in [-0.2, 0) is 4.74 Å². The Morgan fingerprint density at radius 1 is 1.36 bits per heavy atom. The molecule has 0 spiro atoms. The number of ether oxygens (including phenoxy) is 1. The molecule has 5 heteroatoms. The Labute approximate surface area is 78.7 Å². The van der Waals surface area contributed by atoms with Crippen LogP contribution in [0.25, 0.3) is 0 Å². The number of benzene rings is 1. The molecular formula is C9H7F2NO2. The monoisotopic (exact) mass is 199 g/mol. The molecule has 3 nitrogen and oxygen atoms in total. The van der Waals surface area contributed by atoms with Crippen LogP contribution >= 0.6 is 0 Å². The standard InChI is InChI=1S/C9H7F2NO2/c10-5-2-1-3-6(11)8(5)7-4-12-9(13)14-7/h1-3,7H,4H2,(H,12,13). The molecule has 1 N–H and O–H groups in total. The Morgan fingerprint density at radius 2 is 2.00 bits per heavy atom. The average molecular weight is 199 g/mol. The van der Waals surface area contributed by atoms with Crippen LogP contribution in [0.4, 0.5) is 13.6 Å². The minimum absolute atomic E-state index is 0.0939. The quantitative estimate of drug-likeness (QED) is 0.748. The van der Waals surface area contributed by atoms with E-state index < -0.39 is 23.8 Å². The lowest BCUT2D eigenvalue weighted by molar-refractivity contribution is 0.137. The maximum atomic E-state index is 13.2. The van der Waals surface area contributed by atoms with Crippen molar-refractivity contribution >= 4 is 6.09 Å². The van der Waals surface area contributed by atoms with Crippen LogP contribution in [0.3, 0.4) is 0 Å². The highest BCUT2D eigenvalue weighted by Crippen LogP contribution is 2.25. The number of alkyl carbamates (subject to hydrolysis) is 1. The zero-order chi connectivity index (χ0) is 10.1. The second kappa shape index (κ2) is 3.25. The van der Waals surface area contributed by atoms with Gasteiger partial charge in [0.1, 0.15) is 11.6 Å². The number of amides is 1. The van der Waals surface area contributed by atoms with Crippen molar-refractivity contribution in [1.29, 1.82) is 0 Å². The van der Waals surface area contributed by atoms with Gasteiger partial charge in [-0.3, -0.25) is 0 Å². The van der Waals surface area contributed by atoms with E-state index in [2.05, 4.69) is 10.1 Å². The molecule has 1 fully saturated rings. The summed E-state index contributed by atoms with van der Waals surface area (Å²) in [5.74, 6) is -1.40. The highest BCUT2D eigenvalue weighted by molar-refractivity contribution is 5.69. The number of cyclic esters (lactones) is 1. The van der Waals surface area contributed by atoms with Crippen molar-refractivity contribution < 1.29 is 18.3 Å². The van der Waals surface area contributed by atoms with Crippen molar-refractivity contribution in [2.75, 3.05) is 6.54 Å².